The minimum Gasteiger partial charge on any atom is -0.494 e. The number of hydrogen-bond acceptors (Lipinski definition) is 4. The molecule has 1 aliphatic carbocycles. The number of ether oxygens (including phenoxy) is 3. The Labute approximate surface area is 260 Å². The third kappa shape index (κ3) is 5.90. The van der Waals surface area contributed by atoms with Crippen LogP contribution in [0.5, 0.6) is 5.75 Å². The summed E-state index contributed by atoms with van der Waals surface area (Å²) in [6.45, 7) is 6.03. The highest BCUT2D eigenvalue weighted by molar-refractivity contribution is 6.09. The van der Waals surface area contributed by atoms with E-state index in [0.29, 0.717) is 6.61 Å². The van der Waals surface area contributed by atoms with E-state index in [1.807, 2.05) is 0 Å². The molecule has 0 unspecified atom stereocenters. The average molecular weight is 585 g/mol. The number of rotatable bonds is 12. The van der Waals surface area contributed by atoms with Crippen LogP contribution in [-0.2, 0) is 9.47 Å². The second kappa shape index (κ2) is 12.7. The van der Waals surface area contributed by atoms with Crippen molar-refractivity contribution in [1.29, 1.82) is 0 Å². The highest BCUT2D eigenvalue weighted by Crippen LogP contribution is 2.37. The van der Waals surface area contributed by atoms with Gasteiger partial charge in [-0.05, 0) is 74.2 Å². The van der Waals surface area contributed by atoms with Crippen molar-refractivity contribution in [2.75, 3.05) is 37.9 Å². The Morgan fingerprint density at radius 1 is 0.773 bits per heavy atom. The fourth-order valence-electron chi connectivity index (χ4n) is 6.25. The Morgan fingerprint density at radius 2 is 1.48 bits per heavy atom. The van der Waals surface area contributed by atoms with Gasteiger partial charge in [-0.3, -0.25) is 0 Å². The summed E-state index contributed by atoms with van der Waals surface area (Å²) in [7, 11) is 0. The molecule has 0 saturated carbocycles. The van der Waals surface area contributed by atoms with Gasteiger partial charge in [-0.25, -0.2) is 0 Å². The molecule has 0 N–H and O–H groups in total. The summed E-state index contributed by atoms with van der Waals surface area (Å²) < 4.78 is 19.8. The Kier molecular flexibility index (Phi) is 8.23. The number of aromatic nitrogens is 1. The minimum atomic E-state index is 0.203. The maximum absolute atomic E-state index is 6.24. The number of allylic oxidation sites excluding steroid dienone is 3. The molecule has 5 nitrogen and oxygen atoms in total. The predicted octanol–water partition coefficient (Wildman–Crippen LogP) is 9.37. The highest BCUT2D eigenvalue weighted by atomic mass is 16.5. The zero-order valence-corrected chi connectivity index (χ0v) is 25.5. The number of anilines is 2. The number of nitrogens with zero attached hydrogens (tertiary/aromatic N) is 2. The van der Waals surface area contributed by atoms with Gasteiger partial charge < -0.3 is 23.7 Å². The van der Waals surface area contributed by atoms with Crippen molar-refractivity contribution in [2.24, 2.45) is 5.41 Å². The zero-order chi connectivity index (χ0) is 29.8. The van der Waals surface area contributed by atoms with E-state index < -0.39 is 0 Å². The molecule has 1 aromatic heterocycles. The molecule has 44 heavy (non-hydrogen) atoms. The van der Waals surface area contributed by atoms with E-state index in [4.69, 9.17) is 14.2 Å². The van der Waals surface area contributed by atoms with E-state index in [0.717, 1.165) is 74.9 Å². The Balaban J connectivity index is 1.13. The molecule has 0 amide bonds. The van der Waals surface area contributed by atoms with Crippen LogP contribution in [0.4, 0.5) is 11.4 Å². The van der Waals surface area contributed by atoms with Crippen molar-refractivity contribution < 1.29 is 14.2 Å². The van der Waals surface area contributed by atoms with Crippen LogP contribution in [0, 0.1) is 5.41 Å². The first-order valence-electron chi connectivity index (χ1n) is 15.8. The molecule has 5 heteroatoms. The van der Waals surface area contributed by atoms with E-state index >= 15 is 0 Å². The molecular weight excluding hydrogens is 544 g/mol. The second-order valence-corrected chi connectivity index (χ2v) is 12.2. The van der Waals surface area contributed by atoms with Crippen molar-refractivity contribution >= 4 is 33.2 Å². The molecule has 1 aliphatic heterocycles. The number of hydrogen-bond donors (Lipinski definition) is 0. The van der Waals surface area contributed by atoms with Crippen molar-refractivity contribution in [2.45, 2.75) is 32.6 Å². The van der Waals surface area contributed by atoms with Gasteiger partial charge in [-0.15, -0.1) is 0 Å². The molecule has 0 radical (unpaired) electrons. The molecule has 2 heterocycles. The lowest BCUT2D eigenvalue weighted by Crippen LogP contribution is -2.43. The lowest BCUT2D eigenvalue weighted by Gasteiger charge is -2.37. The highest BCUT2D eigenvalue weighted by Gasteiger charge is 2.33. The third-order valence-corrected chi connectivity index (χ3v) is 8.54. The van der Waals surface area contributed by atoms with Crippen molar-refractivity contribution in [3.05, 3.63) is 121 Å². The lowest BCUT2D eigenvalue weighted by atomic mass is 9.90. The normalized spacial score (nSPS) is 15.7. The monoisotopic (exact) mass is 584 g/mol. The molecule has 4 aromatic carbocycles. The molecular formula is C39H40N2O3. The molecule has 0 atom stereocenters. The zero-order valence-electron chi connectivity index (χ0n) is 25.5. The molecule has 1 saturated heterocycles. The van der Waals surface area contributed by atoms with Gasteiger partial charge in [0, 0.05) is 51.6 Å². The lowest BCUT2D eigenvalue weighted by molar-refractivity contribution is -0.138. The van der Waals surface area contributed by atoms with Gasteiger partial charge in [0.2, 0.25) is 0 Å². The fraction of sp³-hybridized carbons (Fsp3) is 0.282. The predicted molar refractivity (Wildman–Crippen MR) is 180 cm³/mol. The van der Waals surface area contributed by atoms with Crippen LogP contribution in [0.25, 0.3) is 27.5 Å². The van der Waals surface area contributed by atoms with E-state index in [9.17, 15) is 0 Å². The van der Waals surface area contributed by atoms with Crippen molar-refractivity contribution in [3.8, 4) is 11.4 Å². The molecule has 1 fully saturated rings. The summed E-state index contributed by atoms with van der Waals surface area (Å²) in [4.78, 5) is 2.35. The molecule has 2 aliphatic rings. The molecule has 5 aromatic rings. The van der Waals surface area contributed by atoms with Crippen LogP contribution < -0.4 is 9.64 Å². The summed E-state index contributed by atoms with van der Waals surface area (Å²) in [6, 6.07) is 34.7. The van der Waals surface area contributed by atoms with E-state index in [-0.39, 0.29) is 5.41 Å². The van der Waals surface area contributed by atoms with Gasteiger partial charge in [-0.1, -0.05) is 67.6 Å². The summed E-state index contributed by atoms with van der Waals surface area (Å²) in [6.07, 6.45) is 10.9. The van der Waals surface area contributed by atoms with Crippen LogP contribution in [0.15, 0.2) is 121 Å². The van der Waals surface area contributed by atoms with Gasteiger partial charge in [0.25, 0.3) is 0 Å². The Bertz CT molecular complexity index is 1760. The fourth-order valence-corrected chi connectivity index (χ4v) is 6.25. The quantitative estimate of drug-likeness (QED) is 0.137. The Hall–Kier alpha value is -4.32. The first kappa shape index (κ1) is 28.5. The standard InChI is InChI=1S/C39H40N2O3/c1-39(28-43-29-39)27-42-23-9-10-24-44-34-18-12-17-33(26-34)40(30-13-3-2-4-14-30)31-15-11-16-32(25-31)41-37-21-7-5-19-35(37)36-20-6-8-22-38(36)41/h3,5-8,11-22,25-26H,2,4,9-10,23-24,27-29H2,1H3. The van der Waals surface area contributed by atoms with Crippen LogP contribution in [-0.4, -0.2) is 37.6 Å². The van der Waals surface area contributed by atoms with E-state index in [1.54, 1.807) is 0 Å². The number of unbranched alkanes of at least 4 members (excludes halogenated alkanes) is 1. The summed E-state index contributed by atoms with van der Waals surface area (Å²) in [5, 5.41) is 2.53. The summed E-state index contributed by atoms with van der Waals surface area (Å²) in [5.74, 6) is 0.881. The maximum Gasteiger partial charge on any atom is 0.121 e. The van der Waals surface area contributed by atoms with Crippen molar-refractivity contribution in [1.82, 2.24) is 4.57 Å². The number of fused-ring (bicyclic) bond motifs is 3. The number of para-hydroxylation sites is 2. The second-order valence-electron chi connectivity index (χ2n) is 12.2. The Morgan fingerprint density at radius 3 is 2.18 bits per heavy atom. The van der Waals surface area contributed by atoms with Crippen molar-refractivity contribution in [3.63, 3.8) is 0 Å². The van der Waals surface area contributed by atoms with E-state index in [2.05, 4.69) is 132 Å². The SMILES string of the molecule is CC1(COCCCCOc2cccc(N(C3=CCCC=C3)c3cccc(-n4c5ccccc5c5ccccc54)c3)c2)COC1. The third-order valence-electron chi connectivity index (χ3n) is 8.54. The maximum atomic E-state index is 6.24. The summed E-state index contributed by atoms with van der Waals surface area (Å²) >= 11 is 0. The van der Waals surface area contributed by atoms with Gasteiger partial charge in [-0.2, -0.15) is 0 Å². The van der Waals surface area contributed by atoms with Crippen LogP contribution in [0.2, 0.25) is 0 Å². The van der Waals surface area contributed by atoms with E-state index in [1.165, 1.54) is 27.5 Å². The van der Waals surface area contributed by atoms with Gasteiger partial charge in [0.15, 0.2) is 0 Å². The van der Waals surface area contributed by atoms with Crippen LogP contribution in [0.1, 0.15) is 32.6 Å². The molecule has 224 valence electrons. The van der Waals surface area contributed by atoms with Gasteiger partial charge >= 0.3 is 0 Å². The first-order valence-corrected chi connectivity index (χ1v) is 15.8. The average Bonchev–Trinajstić information content (AvgIpc) is 3.39. The van der Waals surface area contributed by atoms with Gasteiger partial charge in [0.1, 0.15) is 5.75 Å². The first-order chi connectivity index (χ1) is 21.7. The smallest absolute Gasteiger partial charge is 0.121 e. The minimum absolute atomic E-state index is 0.203. The van der Waals surface area contributed by atoms with Crippen LogP contribution in [0.3, 0.4) is 0 Å². The van der Waals surface area contributed by atoms with Gasteiger partial charge in [0.05, 0.1) is 37.5 Å². The van der Waals surface area contributed by atoms with Crippen LogP contribution >= 0.6 is 0 Å². The largest absolute Gasteiger partial charge is 0.494 e. The molecule has 0 bridgehead atoms. The topological polar surface area (TPSA) is 35.9 Å². The molecule has 0 spiro atoms. The number of benzene rings is 4. The summed E-state index contributed by atoms with van der Waals surface area (Å²) in [5.41, 5.74) is 7.13. The molecule has 7 rings (SSSR count).